The van der Waals surface area contributed by atoms with E-state index >= 15 is 0 Å². The molecule has 0 radical (unpaired) electrons. The molecule has 94 valence electrons. The number of ether oxygens (including phenoxy) is 1. The summed E-state index contributed by atoms with van der Waals surface area (Å²) in [5, 5.41) is 0.674. The van der Waals surface area contributed by atoms with Crippen molar-refractivity contribution in [2.45, 2.75) is 13.5 Å². The van der Waals surface area contributed by atoms with Gasteiger partial charge in [0.1, 0.15) is 18.2 Å². The Morgan fingerprint density at radius 2 is 2.06 bits per heavy atom. The van der Waals surface area contributed by atoms with Gasteiger partial charge in [0, 0.05) is 16.3 Å². The second-order valence-electron chi connectivity index (χ2n) is 4.01. The molecular weight excluding hydrogens is 253 g/mol. The van der Waals surface area contributed by atoms with Crippen molar-refractivity contribution in [1.29, 1.82) is 0 Å². The topological polar surface area (TPSA) is 35.2 Å². The highest BCUT2D eigenvalue weighted by Gasteiger charge is 2.07. The predicted molar refractivity (Wildman–Crippen MR) is 71.3 cm³/mol. The Hall–Kier alpha value is -1.74. The van der Waals surface area contributed by atoms with E-state index in [0.29, 0.717) is 22.0 Å². The first-order valence-corrected chi connectivity index (χ1v) is 5.87. The Kier molecular flexibility index (Phi) is 3.72. The van der Waals surface area contributed by atoms with Gasteiger partial charge in [0.2, 0.25) is 0 Å². The third kappa shape index (κ3) is 2.74. The van der Waals surface area contributed by atoms with Gasteiger partial charge < -0.3 is 10.5 Å². The molecule has 0 aliphatic rings. The number of aryl methyl sites for hydroxylation is 1. The molecular formula is C14H13ClFNO. The van der Waals surface area contributed by atoms with E-state index in [-0.39, 0.29) is 12.4 Å². The third-order valence-corrected chi connectivity index (χ3v) is 3.09. The summed E-state index contributed by atoms with van der Waals surface area (Å²) in [4.78, 5) is 0. The van der Waals surface area contributed by atoms with E-state index in [0.717, 1.165) is 5.56 Å². The van der Waals surface area contributed by atoms with Crippen LogP contribution in [0.4, 0.5) is 10.1 Å². The molecule has 2 N–H and O–H groups in total. The SMILES string of the molecule is Cc1cc(OCc2c(N)cccc2F)ccc1Cl. The predicted octanol–water partition coefficient (Wildman–Crippen LogP) is 3.95. The zero-order valence-electron chi connectivity index (χ0n) is 9.91. The van der Waals surface area contributed by atoms with Gasteiger partial charge in [-0.15, -0.1) is 0 Å². The van der Waals surface area contributed by atoms with Gasteiger partial charge >= 0.3 is 0 Å². The van der Waals surface area contributed by atoms with Gasteiger partial charge in [0.15, 0.2) is 0 Å². The minimum absolute atomic E-state index is 0.0968. The van der Waals surface area contributed by atoms with E-state index in [1.165, 1.54) is 6.07 Å². The highest BCUT2D eigenvalue weighted by Crippen LogP contribution is 2.23. The number of rotatable bonds is 3. The van der Waals surface area contributed by atoms with Crippen molar-refractivity contribution < 1.29 is 9.13 Å². The van der Waals surface area contributed by atoms with Crippen molar-refractivity contribution in [2.24, 2.45) is 0 Å². The summed E-state index contributed by atoms with van der Waals surface area (Å²) >= 11 is 5.91. The fourth-order valence-corrected chi connectivity index (χ4v) is 1.71. The lowest BCUT2D eigenvalue weighted by Gasteiger charge is -2.10. The smallest absolute Gasteiger partial charge is 0.131 e. The molecule has 0 heterocycles. The normalized spacial score (nSPS) is 10.4. The Bertz CT molecular complexity index is 551. The molecule has 0 atom stereocenters. The van der Waals surface area contributed by atoms with E-state index in [9.17, 15) is 4.39 Å². The van der Waals surface area contributed by atoms with Crippen molar-refractivity contribution >= 4 is 17.3 Å². The second-order valence-corrected chi connectivity index (χ2v) is 4.41. The summed E-state index contributed by atoms with van der Waals surface area (Å²) in [6.45, 7) is 1.98. The molecule has 4 heteroatoms. The molecule has 0 unspecified atom stereocenters. The van der Waals surface area contributed by atoms with Crippen LogP contribution in [-0.2, 0) is 6.61 Å². The van der Waals surface area contributed by atoms with Crippen LogP contribution in [0, 0.1) is 12.7 Å². The number of benzene rings is 2. The largest absolute Gasteiger partial charge is 0.489 e. The monoisotopic (exact) mass is 265 g/mol. The summed E-state index contributed by atoms with van der Waals surface area (Å²) in [6, 6.07) is 9.88. The lowest BCUT2D eigenvalue weighted by Crippen LogP contribution is -2.03. The third-order valence-electron chi connectivity index (χ3n) is 2.67. The van der Waals surface area contributed by atoms with Crippen molar-refractivity contribution in [2.75, 3.05) is 5.73 Å². The molecule has 0 aromatic heterocycles. The van der Waals surface area contributed by atoms with Crippen LogP contribution in [0.2, 0.25) is 5.02 Å². The average molecular weight is 266 g/mol. The quantitative estimate of drug-likeness (QED) is 0.853. The number of hydrogen-bond donors (Lipinski definition) is 1. The van der Waals surface area contributed by atoms with Crippen LogP contribution in [0.1, 0.15) is 11.1 Å². The standard InChI is InChI=1S/C14H13ClFNO/c1-9-7-10(5-6-12(9)15)18-8-11-13(16)3-2-4-14(11)17/h2-7H,8,17H2,1H3. The first-order valence-electron chi connectivity index (χ1n) is 5.50. The van der Waals surface area contributed by atoms with Crippen LogP contribution in [0.5, 0.6) is 5.75 Å². The molecule has 2 rings (SSSR count). The molecule has 0 aliphatic carbocycles. The Morgan fingerprint density at radius 1 is 1.28 bits per heavy atom. The van der Waals surface area contributed by atoms with Crippen molar-refractivity contribution in [3.63, 3.8) is 0 Å². The summed E-state index contributed by atoms with van der Waals surface area (Å²) in [6.07, 6.45) is 0. The average Bonchev–Trinajstić information content (AvgIpc) is 2.33. The maximum atomic E-state index is 13.5. The number of hydrogen-bond acceptors (Lipinski definition) is 2. The molecule has 0 spiro atoms. The lowest BCUT2D eigenvalue weighted by molar-refractivity contribution is 0.300. The van der Waals surface area contributed by atoms with Gasteiger partial charge in [-0.1, -0.05) is 17.7 Å². The molecule has 0 saturated heterocycles. The molecule has 2 aromatic rings. The minimum atomic E-state index is -0.360. The van der Waals surface area contributed by atoms with Crippen LogP contribution < -0.4 is 10.5 Å². The maximum absolute atomic E-state index is 13.5. The first-order chi connectivity index (χ1) is 8.58. The molecule has 2 aromatic carbocycles. The van der Waals surface area contributed by atoms with Crippen molar-refractivity contribution in [3.8, 4) is 5.75 Å². The molecule has 18 heavy (non-hydrogen) atoms. The van der Waals surface area contributed by atoms with Crippen molar-refractivity contribution in [1.82, 2.24) is 0 Å². The van der Waals surface area contributed by atoms with E-state index < -0.39 is 0 Å². The van der Waals surface area contributed by atoms with E-state index in [1.54, 1.807) is 30.3 Å². The number of nitrogen functional groups attached to an aromatic ring is 1. The van der Waals surface area contributed by atoms with Crippen LogP contribution in [-0.4, -0.2) is 0 Å². The number of halogens is 2. The van der Waals surface area contributed by atoms with Crippen molar-refractivity contribution in [3.05, 3.63) is 58.4 Å². The van der Waals surface area contributed by atoms with Crippen LogP contribution >= 0.6 is 11.6 Å². The summed E-state index contributed by atoms with van der Waals surface area (Å²) in [7, 11) is 0. The van der Waals surface area contributed by atoms with Crippen LogP contribution in [0.25, 0.3) is 0 Å². The van der Waals surface area contributed by atoms with Crippen LogP contribution in [0.15, 0.2) is 36.4 Å². The summed E-state index contributed by atoms with van der Waals surface area (Å²) in [5.74, 6) is 0.278. The lowest BCUT2D eigenvalue weighted by atomic mass is 10.2. The van der Waals surface area contributed by atoms with Gasteiger partial charge in [0.05, 0.1) is 0 Å². The molecule has 0 amide bonds. The number of anilines is 1. The fraction of sp³-hybridized carbons (Fsp3) is 0.143. The van der Waals surface area contributed by atoms with E-state index in [2.05, 4.69) is 0 Å². The maximum Gasteiger partial charge on any atom is 0.131 e. The highest BCUT2D eigenvalue weighted by atomic mass is 35.5. The Morgan fingerprint density at radius 3 is 2.72 bits per heavy atom. The Labute approximate surface area is 110 Å². The van der Waals surface area contributed by atoms with Crippen LogP contribution in [0.3, 0.4) is 0 Å². The van der Waals surface area contributed by atoms with E-state index in [4.69, 9.17) is 22.1 Å². The van der Waals surface area contributed by atoms with Gasteiger partial charge in [0.25, 0.3) is 0 Å². The van der Waals surface area contributed by atoms with Gasteiger partial charge in [-0.25, -0.2) is 4.39 Å². The summed E-state index contributed by atoms with van der Waals surface area (Å²) < 4.78 is 19.0. The molecule has 0 aliphatic heterocycles. The molecule has 0 bridgehead atoms. The van der Waals surface area contributed by atoms with Gasteiger partial charge in [-0.05, 0) is 42.8 Å². The van der Waals surface area contributed by atoms with Gasteiger partial charge in [-0.3, -0.25) is 0 Å². The fourth-order valence-electron chi connectivity index (χ4n) is 1.59. The molecule has 0 saturated carbocycles. The molecule has 0 fully saturated rings. The minimum Gasteiger partial charge on any atom is -0.489 e. The summed E-state index contributed by atoms with van der Waals surface area (Å²) in [5.41, 5.74) is 7.37. The number of nitrogens with two attached hydrogens (primary N) is 1. The highest BCUT2D eigenvalue weighted by molar-refractivity contribution is 6.31. The zero-order valence-corrected chi connectivity index (χ0v) is 10.7. The first kappa shape index (κ1) is 12.7. The van der Waals surface area contributed by atoms with Gasteiger partial charge in [-0.2, -0.15) is 0 Å². The van der Waals surface area contributed by atoms with E-state index in [1.807, 2.05) is 6.92 Å². The Balaban J connectivity index is 2.14. The molecule has 2 nitrogen and oxygen atoms in total. The zero-order chi connectivity index (χ0) is 13.1. The second kappa shape index (κ2) is 5.27.